The first-order valence-corrected chi connectivity index (χ1v) is 4.24. The summed E-state index contributed by atoms with van der Waals surface area (Å²) in [4.78, 5) is 11.7. The predicted octanol–water partition coefficient (Wildman–Crippen LogP) is 0.673. The Morgan fingerprint density at radius 2 is 1.86 bits per heavy atom. The van der Waals surface area contributed by atoms with Gasteiger partial charge in [-0.3, -0.25) is 0 Å². The number of rotatable bonds is 2. The van der Waals surface area contributed by atoms with E-state index in [1.165, 1.54) is 7.11 Å². The fraction of sp³-hybridized carbons (Fsp3) is 0.625. The molecule has 14 heavy (non-hydrogen) atoms. The van der Waals surface area contributed by atoms with E-state index in [9.17, 15) is 0 Å². The average molecular weight is 197 g/mol. The van der Waals surface area contributed by atoms with Gasteiger partial charge in [0.05, 0.1) is 7.11 Å². The summed E-state index contributed by atoms with van der Waals surface area (Å²) >= 11 is 0. The fourth-order valence-corrected chi connectivity index (χ4v) is 0.855. The standard InChI is InChI=1S/C8H15N5O/c1-8(2,3)13-6-10-5(9)11-7(12-6)14-4/h1-4H3,(H3,9,10,11,12,13). The molecule has 1 aromatic rings. The lowest BCUT2D eigenvalue weighted by atomic mass is 10.1. The lowest BCUT2D eigenvalue weighted by Crippen LogP contribution is -2.27. The van der Waals surface area contributed by atoms with Gasteiger partial charge in [0.2, 0.25) is 11.9 Å². The molecule has 78 valence electrons. The summed E-state index contributed by atoms with van der Waals surface area (Å²) in [5.74, 6) is 0.561. The van der Waals surface area contributed by atoms with Crippen LogP contribution in [0.15, 0.2) is 0 Å². The van der Waals surface area contributed by atoms with E-state index in [1.54, 1.807) is 0 Å². The number of hydrogen-bond donors (Lipinski definition) is 2. The zero-order valence-corrected chi connectivity index (χ0v) is 8.83. The molecular formula is C8H15N5O. The van der Waals surface area contributed by atoms with Crippen molar-refractivity contribution in [3.63, 3.8) is 0 Å². The van der Waals surface area contributed by atoms with Crippen molar-refractivity contribution in [2.24, 2.45) is 0 Å². The summed E-state index contributed by atoms with van der Waals surface area (Å²) in [6, 6.07) is 0.212. The highest BCUT2D eigenvalue weighted by atomic mass is 16.5. The minimum atomic E-state index is -0.126. The Morgan fingerprint density at radius 3 is 2.36 bits per heavy atom. The Morgan fingerprint density at radius 1 is 1.21 bits per heavy atom. The van der Waals surface area contributed by atoms with Crippen molar-refractivity contribution in [3.05, 3.63) is 0 Å². The van der Waals surface area contributed by atoms with E-state index in [2.05, 4.69) is 20.3 Å². The molecule has 1 heterocycles. The molecule has 1 rings (SSSR count). The minimum Gasteiger partial charge on any atom is -0.467 e. The molecule has 0 unspecified atom stereocenters. The third-order valence-corrected chi connectivity index (χ3v) is 1.30. The van der Waals surface area contributed by atoms with Crippen molar-refractivity contribution in [1.82, 2.24) is 15.0 Å². The molecule has 0 saturated heterocycles. The van der Waals surface area contributed by atoms with E-state index in [1.807, 2.05) is 20.8 Å². The van der Waals surface area contributed by atoms with Crippen LogP contribution in [0.25, 0.3) is 0 Å². The maximum atomic E-state index is 5.47. The SMILES string of the molecule is COc1nc(N)nc(NC(C)(C)C)n1. The van der Waals surface area contributed by atoms with Gasteiger partial charge in [-0.25, -0.2) is 0 Å². The zero-order chi connectivity index (χ0) is 10.8. The van der Waals surface area contributed by atoms with Crippen molar-refractivity contribution < 1.29 is 4.74 Å². The second kappa shape index (κ2) is 3.65. The second-order valence-electron chi connectivity index (χ2n) is 3.88. The fourth-order valence-electron chi connectivity index (χ4n) is 0.855. The van der Waals surface area contributed by atoms with Gasteiger partial charge in [-0.2, -0.15) is 15.0 Å². The average Bonchev–Trinajstić information content (AvgIpc) is 1.99. The van der Waals surface area contributed by atoms with Crippen LogP contribution in [0.4, 0.5) is 11.9 Å². The van der Waals surface area contributed by atoms with E-state index in [0.717, 1.165) is 0 Å². The number of nitrogens with zero attached hydrogens (tertiary/aromatic N) is 3. The molecule has 3 N–H and O–H groups in total. The molecular weight excluding hydrogens is 182 g/mol. The second-order valence-corrected chi connectivity index (χ2v) is 3.88. The molecule has 0 spiro atoms. The smallest absolute Gasteiger partial charge is 0.322 e. The van der Waals surface area contributed by atoms with Gasteiger partial charge in [0.25, 0.3) is 0 Å². The molecule has 1 aromatic heterocycles. The van der Waals surface area contributed by atoms with E-state index in [4.69, 9.17) is 10.5 Å². The summed E-state index contributed by atoms with van der Waals surface area (Å²) in [7, 11) is 1.48. The summed E-state index contributed by atoms with van der Waals surface area (Å²) in [5, 5.41) is 3.07. The third-order valence-electron chi connectivity index (χ3n) is 1.30. The van der Waals surface area contributed by atoms with Crippen LogP contribution >= 0.6 is 0 Å². The minimum absolute atomic E-state index is 0.126. The van der Waals surface area contributed by atoms with Crippen LogP contribution in [0.5, 0.6) is 6.01 Å². The van der Waals surface area contributed by atoms with Gasteiger partial charge < -0.3 is 15.8 Å². The van der Waals surface area contributed by atoms with Gasteiger partial charge in [-0.1, -0.05) is 0 Å². The monoisotopic (exact) mass is 197 g/mol. The lowest BCUT2D eigenvalue weighted by Gasteiger charge is -2.20. The van der Waals surface area contributed by atoms with Crippen molar-refractivity contribution >= 4 is 11.9 Å². The number of nitrogen functional groups attached to an aromatic ring is 1. The van der Waals surface area contributed by atoms with Crippen LogP contribution in [0.1, 0.15) is 20.8 Å². The number of nitrogens with two attached hydrogens (primary N) is 1. The van der Waals surface area contributed by atoms with Crippen molar-refractivity contribution in [2.45, 2.75) is 26.3 Å². The highest BCUT2D eigenvalue weighted by Gasteiger charge is 2.12. The van der Waals surface area contributed by atoms with Gasteiger partial charge in [-0.05, 0) is 20.8 Å². The highest BCUT2D eigenvalue weighted by Crippen LogP contribution is 2.13. The molecule has 0 atom stereocenters. The normalized spacial score (nSPS) is 11.1. The number of nitrogens with one attached hydrogen (secondary N) is 1. The van der Waals surface area contributed by atoms with E-state index >= 15 is 0 Å². The summed E-state index contributed by atoms with van der Waals surface area (Å²) in [6.07, 6.45) is 0. The summed E-state index contributed by atoms with van der Waals surface area (Å²) in [6.45, 7) is 6.00. The quantitative estimate of drug-likeness (QED) is 0.724. The van der Waals surface area contributed by atoms with Crippen LogP contribution in [0.3, 0.4) is 0 Å². The van der Waals surface area contributed by atoms with Crippen molar-refractivity contribution in [2.75, 3.05) is 18.2 Å². The van der Waals surface area contributed by atoms with Gasteiger partial charge >= 0.3 is 6.01 Å². The third kappa shape index (κ3) is 3.04. The molecule has 0 radical (unpaired) electrons. The van der Waals surface area contributed by atoms with Gasteiger partial charge in [0.15, 0.2) is 0 Å². The van der Waals surface area contributed by atoms with Gasteiger partial charge in [0.1, 0.15) is 0 Å². The van der Waals surface area contributed by atoms with Crippen LogP contribution in [-0.4, -0.2) is 27.6 Å². The Hall–Kier alpha value is -1.59. The van der Waals surface area contributed by atoms with Crippen LogP contribution in [0.2, 0.25) is 0 Å². The molecule has 0 aliphatic heterocycles. The number of anilines is 2. The van der Waals surface area contributed by atoms with Crippen LogP contribution in [0, 0.1) is 0 Å². The van der Waals surface area contributed by atoms with E-state index < -0.39 is 0 Å². The van der Waals surface area contributed by atoms with Crippen molar-refractivity contribution in [1.29, 1.82) is 0 Å². The number of ether oxygens (including phenoxy) is 1. The Kier molecular flexibility index (Phi) is 2.73. The maximum absolute atomic E-state index is 5.47. The maximum Gasteiger partial charge on any atom is 0.322 e. The topological polar surface area (TPSA) is 86.0 Å². The molecule has 6 heteroatoms. The molecule has 0 saturated carbocycles. The molecule has 0 aliphatic rings. The van der Waals surface area contributed by atoms with Crippen molar-refractivity contribution in [3.8, 4) is 6.01 Å². The first kappa shape index (κ1) is 10.5. The van der Waals surface area contributed by atoms with Crippen LogP contribution in [-0.2, 0) is 0 Å². The molecule has 0 amide bonds. The number of hydrogen-bond acceptors (Lipinski definition) is 6. The Bertz CT molecular complexity index is 320. The summed E-state index contributed by atoms with van der Waals surface area (Å²) < 4.78 is 4.87. The first-order chi connectivity index (χ1) is 6.40. The van der Waals surface area contributed by atoms with Gasteiger partial charge in [-0.15, -0.1) is 0 Å². The molecule has 6 nitrogen and oxygen atoms in total. The number of methoxy groups -OCH3 is 1. The lowest BCUT2D eigenvalue weighted by molar-refractivity contribution is 0.379. The largest absolute Gasteiger partial charge is 0.467 e. The van der Waals surface area contributed by atoms with E-state index in [-0.39, 0.29) is 17.5 Å². The molecule has 0 bridgehead atoms. The molecule has 0 aliphatic carbocycles. The van der Waals surface area contributed by atoms with E-state index in [0.29, 0.717) is 5.95 Å². The Labute approximate surface area is 82.9 Å². The molecule has 0 fully saturated rings. The van der Waals surface area contributed by atoms with Crippen LogP contribution < -0.4 is 15.8 Å². The summed E-state index contributed by atoms with van der Waals surface area (Å²) in [5.41, 5.74) is 5.35. The molecule has 0 aromatic carbocycles. The predicted molar refractivity (Wildman–Crippen MR) is 54.2 cm³/mol. The number of aromatic nitrogens is 3. The Balaban J connectivity index is 2.92. The highest BCUT2D eigenvalue weighted by molar-refractivity contribution is 5.34. The zero-order valence-electron chi connectivity index (χ0n) is 8.83. The first-order valence-electron chi connectivity index (χ1n) is 4.24. The van der Waals surface area contributed by atoms with Gasteiger partial charge in [0, 0.05) is 5.54 Å².